The van der Waals surface area contributed by atoms with E-state index in [-0.39, 0.29) is 11.9 Å². The van der Waals surface area contributed by atoms with Gasteiger partial charge in [0.25, 0.3) is 0 Å². The SMILES string of the molecule is Cc1cc(C2CC2)c(OCC2CCN(C(c3cc(Cl)cc(Cl)c3)C(C)(C)C#N)CC2)cc1F. The van der Waals surface area contributed by atoms with Crippen LogP contribution in [0.5, 0.6) is 5.75 Å². The molecule has 1 saturated heterocycles. The summed E-state index contributed by atoms with van der Waals surface area (Å²) in [6, 6.07) is 11.4. The molecule has 1 heterocycles. The molecular weight excluding hydrogens is 458 g/mol. The normalized spacial score (nSPS) is 18.7. The summed E-state index contributed by atoms with van der Waals surface area (Å²) in [5, 5.41) is 11.0. The van der Waals surface area contributed by atoms with E-state index in [1.807, 2.05) is 39.0 Å². The Morgan fingerprint density at radius 2 is 1.73 bits per heavy atom. The molecule has 0 N–H and O–H groups in total. The number of benzene rings is 2. The van der Waals surface area contributed by atoms with Crippen LogP contribution < -0.4 is 4.74 Å². The molecule has 1 unspecified atom stereocenters. The molecule has 2 fully saturated rings. The number of nitrogens with zero attached hydrogens (tertiary/aromatic N) is 2. The second-order valence-electron chi connectivity index (χ2n) is 10.1. The third-order valence-electron chi connectivity index (χ3n) is 6.97. The van der Waals surface area contributed by atoms with Crippen LogP contribution in [0.15, 0.2) is 30.3 Å². The standard InChI is InChI=1S/C27H31Cl2FN2O/c1-17-10-23(19-4-5-19)25(14-24(17)30)33-15-18-6-8-32(9-7-18)26(27(2,3)16-31)20-11-21(28)13-22(29)12-20/h10-14,18-19,26H,4-9,15H2,1-3H3. The van der Waals surface area contributed by atoms with Crippen LogP contribution in [0.25, 0.3) is 0 Å². The topological polar surface area (TPSA) is 36.3 Å². The smallest absolute Gasteiger partial charge is 0.129 e. The Morgan fingerprint density at radius 1 is 1.09 bits per heavy atom. The molecule has 2 aliphatic rings. The fraction of sp³-hybridized carbons (Fsp3) is 0.519. The number of aryl methyl sites for hydroxylation is 1. The molecule has 4 rings (SSSR count). The fourth-order valence-corrected chi connectivity index (χ4v) is 5.53. The zero-order valence-corrected chi connectivity index (χ0v) is 21.0. The number of likely N-dealkylation sites (tertiary alicyclic amines) is 1. The maximum atomic E-state index is 14.2. The number of ether oxygens (including phenoxy) is 1. The highest BCUT2D eigenvalue weighted by Gasteiger charge is 2.38. The molecule has 0 aromatic heterocycles. The maximum absolute atomic E-state index is 14.2. The molecule has 0 radical (unpaired) electrons. The minimum Gasteiger partial charge on any atom is -0.493 e. The molecule has 0 amide bonds. The van der Waals surface area contributed by atoms with Crippen LogP contribution in [0.3, 0.4) is 0 Å². The Kier molecular flexibility index (Phi) is 7.24. The molecule has 1 atom stereocenters. The van der Waals surface area contributed by atoms with E-state index in [2.05, 4.69) is 11.0 Å². The van der Waals surface area contributed by atoms with Crippen LogP contribution in [0.2, 0.25) is 10.0 Å². The number of piperidine rings is 1. The minimum atomic E-state index is -0.601. The molecule has 33 heavy (non-hydrogen) atoms. The van der Waals surface area contributed by atoms with Crippen LogP contribution in [0.1, 0.15) is 68.2 Å². The van der Waals surface area contributed by atoms with E-state index in [0.717, 1.165) is 49.9 Å². The van der Waals surface area contributed by atoms with Gasteiger partial charge in [0.2, 0.25) is 0 Å². The average Bonchev–Trinajstić information content (AvgIpc) is 3.60. The number of nitriles is 1. The Hall–Kier alpha value is -1.80. The van der Waals surface area contributed by atoms with Gasteiger partial charge in [0.1, 0.15) is 11.6 Å². The van der Waals surface area contributed by atoms with Crippen molar-refractivity contribution in [2.45, 2.75) is 58.4 Å². The van der Waals surface area contributed by atoms with Gasteiger partial charge < -0.3 is 4.74 Å². The van der Waals surface area contributed by atoms with Gasteiger partial charge in [0.05, 0.1) is 24.1 Å². The molecule has 1 saturated carbocycles. The van der Waals surface area contributed by atoms with Crippen molar-refractivity contribution < 1.29 is 9.13 Å². The van der Waals surface area contributed by atoms with Crippen LogP contribution in [-0.2, 0) is 0 Å². The molecule has 0 bridgehead atoms. The van der Waals surface area contributed by atoms with Gasteiger partial charge in [-0.05, 0) is 112 Å². The second-order valence-corrected chi connectivity index (χ2v) is 11.0. The lowest BCUT2D eigenvalue weighted by Crippen LogP contribution is -2.43. The fourth-order valence-electron chi connectivity index (χ4n) is 4.99. The van der Waals surface area contributed by atoms with E-state index in [1.165, 1.54) is 0 Å². The molecule has 0 spiro atoms. The monoisotopic (exact) mass is 488 g/mol. The van der Waals surface area contributed by atoms with E-state index >= 15 is 0 Å². The van der Waals surface area contributed by atoms with E-state index in [0.29, 0.717) is 39.8 Å². The van der Waals surface area contributed by atoms with Crippen molar-refractivity contribution in [3.63, 3.8) is 0 Å². The zero-order chi connectivity index (χ0) is 23.8. The minimum absolute atomic E-state index is 0.103. The number of hydrogen-bond acceptors (Lipinski definition) is 3. The van der Waals surface area contributed by atoms with Crippen molar-refractivity contribution in [3.05, 3.63) is 62.9 Å². The Morgan fingerprint density at radius 3 is 2.30 bits per heavy atom. The molecule has 6 heteroatoms. The van der Waals surface area contributed by atoms with Crippen LogP contribution in [0, 0.1) is 35.4 Å². The second kappa shape index (κ2) is 9.82. The number of rotatable bonds is 7. The highest BCUT2D eigenvalue weighted by molar-refractivity contribution is 6.34. The van der Waals surface area contributed by atoms with Gasteiger partial charge >= 0.3 is 0 Å². The first-order valence-corrected chi connectivity index (χ1v) is 12.5. The van der Waals surface area contributed by atoms with E-state index < -0.39 is 5.41 Å². The van der Waals surface area contributed by atoms with Gasteiger partial charge in [0.15, 0.2) is 0 Å². The van der Waals surface area contributed by atoms with Crippen molar-refractivity contribution >= 4 is 23.2 Å². The van der Waals surface area contributed by atoms with Crippen molar-refractivity contribution in [2.75, 3.05) is 19.7 Å². The molecule has 2 aromatic rings. The molecule has 1 aliphatic heterocycles. The summed E-state index contributed by atoms with van der Waals surface area (Å²) in [5.74, 6) is 1.41. The summed E-state index contributed by atoms with van der Waals surface area (Å²) >= 11 is 12.6. The van der Waals surface area contributed by atoms with Gasteiger partial charge in [-0.2, -0.15) is 5.26 Å². The van der Waals surface area contributed by atoms with Gasteiger partial charge in [-0.3, -0.25) is 4.90 Å². The van der Waals surface area contributed by atoms with E-state index in [9.17, 15) is 9.65 Å². The van der Waals surface area contributed by atoms with Gasteiger partial charge in [-0.1, -0.05) is 23.2 Å². The van der Waals surface area contributed by atoms with Crippen molar-refractivity contribution in [1.82, 2.24) is 4.90 Å². The van der Waals surface area contributed by atoms with Crippen LogP contribution >= 0.6 is 23.2 Å². The van der Waals surface area contributed by atoms with E-state index in [4.69, 9.17) is 27.9 Å². The first-order valence-electron chi connectivity index (χ1n) is 11.7. The molecular formula is C27H31Cl2FN2O. The zero-order valence-electron chi connectivity index (χ0n) is 19.5. The average molecular weight is 489 g/mol. The van der Waals surface area contributed by atoms with Gasteiger partial charge in [0, 0.05) is 16.1 Å². The summed E-state index contributed by atoms with van der Waals surface area (Å²) < 4.78 is 20.3. The Labute approximate surface area is 206 Å². The highest BCUT2D eigenvalue weighted by atomic mass is 35.5. The largest absolute Gasteiger partial charge is 0.493 e. The molecule has 1 aliphatic carbocycles. The van der Waals surface area contributed by atoms with Crippen molar-refractivity contribution in [2.24, 2.45) is 11.3 Å². The van der Waals surface area contributed by atoms with Crippen LogP contribution in [0.4, 0.5) is 4.39 Å². The Balaban J connectivity index is 1.43. The maximum Gasteiger partial charge on any atom is 0.129 e. The summed E-state index contributed by atoms with van der Waals surface area (Å²) in [4.78, 5) is 2.36. The summed E-state index contributed by atoms with van der Waals surface area (Å²) in [5.41, 5.74) is 2.21. The van der Waals surface area contributed by atoms with Crippen molar-refractivity contribution in [3.8, 4) is 11.8 Å². The first-order chi connectivity index (χ1) is 15.7. The number of halogens is 3. The predicted octanol–water partition coefficient (Wildman–Crippen LogP) is 7.70. The molecule has 176 valence electrons. The van der Waals surface area contributed by atoms with Gasteiger partial charge in [-0.25, -0.2) is 4.39 Å². The van der Waals surface area contributed by atoms with Gasteiger partial charge in [-0.15, -0.1) is 0 Å². The quantitative estimate of drug-likeness (QED) is 0.400. The number of hydrogen-bond donors (Lipinski definition) is 0. The third kappa shape index (κ3) is 5.65. The third-order valence-corrected chi connectivity index (χ3v) is 7.41. The highest BCUT2D eigenvalue weighted by Crippen LogP contribution is 2.45. The lowest BCUT2D eigenvalue weighted by Gasteiger charge is -2.42. The summed E-state index contributed by atoms with van der Waals surface area (Å²) in [6.45, 7) is 8.04. The molecule has 2 aromatic carbocycles. The van der Waals surface area contributed by atoms with Crippen LogP contribution in [-0.4, -0.2) is 24.6 Å². The van der Waals surface area contributed by atoms with E-state index in [1.54, 1.807) is 12.1 Å². The molecule has 3 nitrogen and oxygen atoms in total. The lowest BCUT2D eigenvalue weighted by molar-refractivity contribution is 0.0661. The summed E-state index contributed by atoms with van der Waals surface area (Å²) in [6.07, 6.45) is 4.23. The Bertz CT molecular complexity index is 1030. The first kappa shape index (κ1) is 24.3. The summed E-state index contributed by atoms with van der Waals surface area (Å²) in [7, 11) is 0. The predicted molar refractivity (Wildman–Crippen MR) is 132 cm³/mol. The lowest BCUT2D eigenvalue weighted by atomic mass is 9.79. The van der Waals surface area contributed by atoms with Crippen molar-refractivity contribution in [1.29, 1.82) is 5.26 Å².